The number of allylic oxidation sites excluding steroid dienone is 1. The van der Waals surface area contributed by atoms with Crippen LogP contribution in [0.25, 0.3) is 10.8 Å². The van der Waals surface area contributed by atoms with Crippen molar-refractivity contribution in [1.82, 2.24) is 0 Å². The molecule has 1 nitrogen and oxygen atoms in total. The molecule has 2 aromatic carbocycles. The van der Waals surface area contributed by atoms with Crippen LogP contribution in [0.2, 0.25) is 0 Å². The first kappa shape index (κ1) is 16.3. The quantitative estimate of drug-likeness (QED) is 0.790. The van der Waals surface area contributed by atoms with Crippen molar-refractivity contribution in [2.24, 2.45) is 11.1 Å². The monoisotopic (exact) mass is 291 g/mol. The molecule has 0 radical (unpaired) electrons. The van der Waals surface area contributed by atoms with Gasteiger partial charge in [0.1, 0.15) is 0 Å². The molecule has 0 saturated heterocycles. The molecular formula is C21H25N. The minimum absolute atomic E-state index is 0.0337. The lowest BCUT2D eigenvalue weighted by atomic mass is 9.86. The Morgan fingerprint density at radius 1 is 1.00 bits per heavy atom. The van der Waals surface area contributed by atoms with Gasteiger partial charge >= 0.3 is 0 Å². The summed E-state index contributed by atoms with van der Waals surface area (Å²) in [5, 5.41) is 2.46. The largest absolute Gasteiger partial charge is 0.321 e. The van der Waals surface area contributed by atoms with Crippen molar-refractivity contribution < 1.29 is 0 Å². The summed E-state index contributed by atoms with van der Waals surface area (Å²) >= 11 is 0. The van der Waals surface area contributed by atoms with Crippen LogP contribution in [0.4, 0.5) is 0 Å². The number of hydrogen-bond acceptors (Lipinski definition) is 1. The molecule has 0 aromatic heterocycles. The van der Waals surface area contributed by atoms with Gasteiger partial charge < -0.3 is 5.73 Å². The molecule has 0 saturated carbocycles. The Balaban J connectivity index is 2.22. The lowest BCUT2D eigenvalue weighted by Crippen LogP contribution is -2.32. The highest BCUT2D eigenvalue weighted by Gasteiger charge is 2.21. The van der Waals surface area contributed by atoms with Crippen LogP contribution in [-0.2, 0) is 5.54 Å². The van der Waals surface area contributed by atoms with Crippen LogP contribution in [0.5, 0.6) is 0 Å². The van der Waals surface area contributed by atoms with Crippen LogP contribution >= 0.6 is 0 Å². The Hall–Kier alpha value is -2.04. The van der Waals surface area contributed by atoms with Crippen LogP contribution < -0.4 is 5.73 Å². The van der Waals surface area contributed by atoms with E-state index in [1.165, 1.54) is 16.3 Å². The smallest absolute Gasteiger partial charge is 0.0422 e. The molecule has 2 N–H and O–H groups in total. The van der Waals surface area contributed by atoms with Gasteiger partial charge in [-0.05, 0) is 56.5 Å². The first-order chi connectivity index (χ1) is 10.3. The fraction of sp³-hybridized carbons (Fsp3) is 0.333. The predicted molar refractivity (Wildman–Crippen MR) is 96.5 cm³/mol. The van der Waals surface area contributed by atoms with E-state index in [9.17, 15) is 0 Å². The summed E-state index contributed by atoms with van der Waals surface area (Å²) in [5.41, 5.74) is 7.38. The van der Waals surface area contributed by atoms with E-state index in [-0.39, 0.29) is 5.41 Å². The molecule has 0 aliphatic carbocycles. The highest BCUT2D eigenvalue weighted by Crippen LogP contribution is 2.29. The maximum absolute atomic E-state index is 6.57. The SMILES string of the molecule is CC(C)(C)C#C/C=C/CC(C)(N)c1cccc2ccccc12. The van der Waals surface area contributed by atoms with Crippen molar-refractivity contribution in [3.8, 4) is 11.8 Å². The van der Waals surface area contributed by atoms with Gasteiger partial charge in [0.15, 0.2) is 0 Å². The molecule has 0 aliphatic heterocycles. The van der Waals surface area contributed by atoms with Gasteiger partial charge in [0.05, 0.1) is 0 Å². The summed E-state index contributed by atoms with van der Waals surface area (Å²) in [6.07, 6.45) is 4.75. The van der Waals surface area contributed by atoms with E-state index in [1.54, 1.807) is 0 Å². The summed E-state index contributed by atoms with van der Waals surface area (Å²) < 4.78 is 0. The molecular weight excluding hydrogens is 266 g/mol. The average Bonchev–Trinajstić information content (AvgIpc) is 2.45. The van der Waals surface area contributed by atoms with Gasteiger partial charge in [-0.25, -0.2) is 0 Å². The van der Waals surface area contributed by atoms with Crippen molar-refractivity contribution in [2.45, 2.75) is 39.7 Å². The molecule has 1 unspecified atom stereocenters. The molecule has 1 heteroatoms. The average molecular weight is 291 g/mol. The van der Waals surface area contributed by atoms with Crippen LogP contribution in [0.15, 0.2) is 54.6 Å². The lowest BCUT2D eigenvalue weighted by Gasteiger charge is -2.25. The molecule has 0 aliphatic rings. The van der Waals surface area contributed by atoms with Crippen molar-refractivity contribution >= 4 is 10.8 Å². The van der Waals surface area contributed by atoms with Crippen molar-refractivity contribution in [2.75, 3.05) is 0 Å². The van der Waals surface area contributed by atoms with E-state index in [0.717, 1.165) is 6.42 Å². The molecule has 2 aromatic rings. The minimum Gasteiger partial charge on any atom is -0.321 e. The topological polar surface area (TPSA) is 26.0 Å². The van der Waals surface area contributed by atoms with Gasteiger partial charge in [0.25, 0.3) is 0 Å². The molecule has 0 bridgehead atoms. The number of nitrogens with two attached hydrogens (primary N) is 1. The first-order valence-electron chi connectivity index (χ1n) is 7.74. The summed E-state index contributed by atoms with van der Waals surface area (Å²) in [5.74, 6) is 6.30. The van der Waals surface area contributed by atoms with E-state index >= 15 is 0 Å². The van der Waals surface area contributed by atoms with Crippen LogP contribution in [0.1, 0.15) is 39.7 Å². The van der Waals surface area contributed by atoms with E-state index in [2.05, 4.69) is 88.1 Å². The van der Waals surface area contributed by atoms with Gasteiger partial charge in [-0.3, -0.25) is 0 Å². The molecule has 0 spiro atoms. The van der Waals surface area contributed by atoms with Crippen LogP contribution in [0.3, 0.4) is 0 Å². The van der Waals surface area contributed by atoms with Crippen molar-refractivity contribution in [1.29, 1.82) is 0 Å². The van der Waals surface area contributed by atoms with E-state index in [4.69, 9.17) is 5.73 Å². The van der Waals surface area contributed by atoms with Gasteiger partial charge in [0.2, 0.25) is 0 Å². The molecule has 1 atom stereocenters. The van der Waals surface area contributed by atoms with Gasteiger partial charge in [-0.1, -0.05) is 60.4 Å². The zero-order valence-electron chi connectivity index (χ0n) is 14.0. The number of hydrogen-bond donors (Lipinski definition) is 1. The van der Waals surface area contributed by atoms with Gasteiger partial charge in [0, 0.05) is 11.0 Å². The predicted octanol–water partition coefficient (Wildman–Crippen LogP) is 5.01. The summed E-state index contributed by atoms with van der Waals surface area (Å²) in [6.45, 7) is 8.40. The molecule has 0 amide bonds. The lowest BCUT2D eigenvalue weighted by molar-refractivity contribution is 0.506. The second-order valence-corrected chi connectivity index (χ2v) is 7.07. The Bertz CT molecular complexity index is 728. The van der Waals surface area contributed by atoms with Crippen LogP contribution in [-0.4, -0.2) is 0 Å². The van der Waals surface area contributed by atoms with Gasteiger partial charge in [-0.15, -0.1) is 0 Å². The molecule has 114 valence electrons. The first-order valence-corrected chi connectivity index (χ1v) is 7.74. The molecule has 0 heterocycles. The normalized spacial score (nSPS) is 14.6. The minimum atomic E-state index is -0.402. The third-order valence-electron chi connectivity index (χ3n) is 3.60. The summed E-state index contributed by atoms with van der Waals surface area (Å²) in [6, 6.07) is 14.7. The second-order valence-electron chi connectivity index (χ2n) is 7.07. The molecule has 2 rings (SSSR count). The van der Waals surface area contributed by atoms with Crippen molar-refractivity contribution in [3.05, 3.63) is 60.2 Å². The highest BCUT2D eigenvalue weighted by atomic mass is 14.7. The molecule has 0 fully saturated rings. The maximum Gasteiger partial charge on any atom is 0.0422 e. The Morgan fingerprint density at radius 2 is 1.68 bits per heavy atom. The summed E-state index contributed by atoms with van der Waals surface area (Å²) in [4.78, 5) is 0. The summed E-state index contributed by atoms with van der Waals surface area (Å²) in [7, 11) is 0. The standard InChI is InChI=1S/C21H25N/c1-20(2,3)15-8-5-9-16-21(4,22)19-14-10-12-17-11-6-7-13-18(17)19/h5-7,9-14H,16,22H2,1-4H3/b9-5+. The van der Waals surface area contributed by atoms with E-state index < -0.39 is 5.54 Å². The Morgan fingerprint density at radius 3 is 2.41 bits per heavy atom. The van der Waals surface area contributed by atoms with Crippen LogP contribution in [0, 0.1) is 17.3 Å². The molecule has 22 heavy (non-hydrogen) atoms. The van der Waals surface area contributed by atoms with Gasteiger partial charge in [-0.2, -0.15) is 0 Å². The van der Waals surface area contributed by atoms with E-state index in [1.807, 2.05) is 6.08 Å². The maximum atomic E-state index is 6.57. The number of benzene rings is 2. The third-order valence-corrected chi connectivity index (χ3v) is 3.60. The number of fused-ring (bicyclic) bond motifs is 1. The Labute approximate surface area is 134 Å². The van der Waals surface area contributed by atoms with Crippen molar-refractivity contribution in [3.63, 3.8) is 0 Å². The Kier molecular flexibility index (Phi) is 4.74. The highest BCUT2D eigenvalue weighted by molar-refractivity contribution is 5.86. The second kappa shape index (κ2) is 6.38. The zero-order chi connectivity index (χ0) is 16.2. The fourth-order valence-corrected chi connectivity index (χ4v) is 2.45. The fourth-order valence-electron chi connectivity index (χ4n) is 2.45. The van der Waals surface area contributed by atoms with E-state index in [0.29, 0.717) is 0 Å². The number of rotatable bonds is 3. The zero-order valence-corrected chi connectivity index (χ0v) is 14.0. The third kappa shape index (κ3) is 4.23.